The van der Waals surface area contributed by atoms with Crippen LogP contribution < -0.4 is 10.6 Å². The van der Waals surface area contributed by atoms with Gasteiger partial charge in [0, 0.05) is 32.7 Å². The van der Waals surface area contributed by atoms with E-state index in [1.54, 1.807) is 6.26 Å². The molecule has 1 aromatic heterocycles. The number of aliphatic imine (C=N–C) groups is 1. The number of guanidine groups is 1. The normalized spacial score (nSPS) is 17.0. The van der Waals surface area contributed by atoms with Gasteiger partial charge in [0.15, 0.2) is 5.96 Å². The van der Waals surface area contributed by atoms with Gasteiger partial charge in [0.2, 0.25) is 0 Å². The van der Waals surface area contributed by atoms with Gasteiger partial charge < -0.3 is 15.1 Å². The van der Waals surface area contributed by atoms with Crippen LogP contribution in [0, 0.1) is 0 Å². The molecule has 2 aromatic rings. The van der Waals surface area contributed by atoms with Gasteiger partial charge in [0.25, 0.3) is 0 Å². The molecule has 0 amide bonds. The third-order valence-electron chi connectivity index (χ3n) is 4.41. The lowest BCUT2D eigenvalue weighted by Crippen LogP contribution is -2.48. The Hall–Kier alpha value is -2.27. The molecule has 0 unspecified atom stereocenters. The number of likely N-dealkylation sites (tertiary alicyclic amines) is 1. The average molecular weight is 326 g/mol. The zero-order valence-corrected chi connectivity index (χ0v) is 14.2. The molecule has 1 aromatic carbocycles. The highest BCUT2D eigenvalue weighted by Crippen LogP contribution is 2.13. The van der Waals surface area contributed by atoms with Gasteiger partial charge in [-0.3, -0.25) is 9.89 Å². The van der Waals surface area contributed by atoms with Crippen molar-refractivity contribution >= 4 is 5.96 Å². The van der Waals surface area contributed by atoms with E-state index in [1.165, 1.54) is 5.56 Å². The molecule has 1 aliphatic heterocycles. The lowest BCUT2D eigenvalue weighted by atomic mass is 10.0. The molecule has 0 radical (unpaired) electrons. The first kappa shape index (κ1) is 16.6. The first-order valence-electron chi connectivity index (χ1n) is 8.59. The molecular formula is C19H26N4O. The fourth-order valence-corrected chi connectivity index (χ4v) is 3.05. The Balaban J connectivity index is 1.41. The molecule has 3 rings (SSSR count). The quantitative estimate of drug-likeness (QED) is 0.655. The van der Waals surface area contributed by atoms with Crippen molar-refractivity contribution < 1.29 is 4.42 Å². The number of benzene rings is 1. The van der Waals surface area contributed by atoms with E-state index in [4.69, 9.17) is 4.42 Å². The van der Waals surface area contributed by atoms with Crippen molar-refractivity contribution in [2.75, 3.05) is 20.1 Å². The highest BCUT2D eigenvalue weighted by Gasteiger charge is 2.20. The molecule has 0 atom stereocenters. The standard InChI is InChI=1S/C19H26N4O/c1-20-19(21-14-18-8-5-13-24-18)22-17-9-11-23(12-10-17)15-16-6-3-2-4-7-16/h2-8,13,17H,9-12,14-15H2,1H3,(H2,20,21,22). The minimum absolute atomic E-state index is 0.472. The average Bonchev–Trinajstić information content (AvgIpc) is 3.14. The van der Waals surface area contributed by atoms with Crippen molar-refractivity contribution in [2.24, 2.45) is 4.99 Å². The lowest BCUT2D eigenvalue weighted by molar-refractivity contribution is 0.198. The summed E-state index contributed by atoms with van der Waals surface area (Å²) in [6, 6.07) is 15.0. The Kier molecular flexibility index (Phi) is 5.90. The molecule has 5 nitrogen and oxygen atoms in total. The molecule has 24 heavy (non-hydrogen) atoms. The van der Waals surface area contributed by atoms with E-state index in [9.17, 15) is 0 Å². The van der Waals surface area contributed by atoms with Crippen LogP contribution in [0.15, 0.2) is 58.1 Å². The van der Waals surface area contributed by atoms with Crippen LogP contribution in [0.3, 0.4) is 0 Å². The smallest absolute Gasteiger partial charge is 0.191 e. The van der Waals surface area contributed by atoms with Crippen LogP contribution in [-0.4, -0.2) is 37.0 Å². The lowest BCUT2D eigenvalue weighted by Gasteiger charge is -2.33. The van der Waals surface area contributed by atoms with Crippen molar-refractivity contribution in [3.05, 3.63) is 60.1 Å². The predicted molar refractivity (Wildman–Crippen MR) is 96.8 cm³/mol. The van der Waals surface area contributed by atoms with Gasteiger partial charge in [-0.2, -0.15) is 0 Å². The van der Waals surface area contributed by atoms with E-state index in [-0.39, 0.29) is 0 Å². The van der Waals surface area contributed by atoms with Gasteiger partial charge in [-0.05, 0) is 30.5 Å². The number of furan rings is 1. The number of piperidine rings is 1. The third-order valence-corrected chi connectivity index (χ3v) is 4.41. The molecule has 1 aliphatic rings. The van der Waals surface area contributed by atoms with E-state index in [0.29, 0.717) is 12.6 Å². The Bertz CT molecular complexity index is 616. The SMILES string of the molecule is CN=C(NCc1ccco1)NC1CCN(Cc2ccccc2)CC1. The first-order valence-corrected chi connectivity index (χ1v) is 8.59. The number of rotatable bonds is 5. The molecule has 2 heterocycles. The molecule has 0 spiro atoms. The van der Waals surface area contributed by atoms with Crippen LogP contribution in [0.1, 0.15) is 24.2 Å². The van der Waals surface area contributed by atoms with E-state index >= 15 is 0 Å². The molecule has 2 N–H and O–H groups in total. The maximum absolute atomic E-state index is 5.34. The molecular weight excluding hydrogens is 300 g/mol. The second-order valence-corrected chi connectivity index (χ2v) is 6.19. The monoisotopic (exact) mass is 326 g/mol. The van der Waals surface area contributed by atoms with Gasteiger partial charge in [-0.15, -0.1) is 0 Å². The van der Waals surface area contributed by atoms with Crippen LogP contribution in [0.5, 0.6) is 0 Å². The first-order chi connectivity index (χ1) is 11.8. The molecule has 1 saturated heterocycles. The van der Waals surface area contributed by atoms with Crippen molar-refractivity contribution in [2.45, 2.75) is 32.0 Å². The summed E-state index contributed by atoms with van der Waals surface area (Å²) in [4.78, 5) is 6.83. The summed E-state index contributed by atoms with van der Waals surface area (Å²) in [6.07, 6.45) is 3.96. The second kappa shape index (κ2) is 8.55. The Morgan fingerprint density at radius 3 is 2.62 bits per heavy atom. The van der Waals surface area contributed by atoms with E-state index in [1.807, 2.05) is 19.2 Å². The van der Waals surface area contributed by atoms with Crippen LogP contribution in [0.2, 0.25) is 0 Å². The zero-order chi connectivity index (χ0) is 16.6. The fourth-order valence-electron chi connectivity index (χ4n) is 3.05. The Morgan fingerprint density at radius 1 is 1.17 bits per heavy atom. The summed E-state index contributed by atoms with van der Waals surface area (Å²) < 4.78 is 5.34. The van der Waals surface area contributed by atoms with Gasteiger partial charge in [-0.1, -0.05) is 30.3 Å². The molecule has 1 fully saturated rings. The Morgan fingerprint density at radius 2 is 1.96 bits per heavy atom. The topological polar surface area (TPSA) is 52.8 Å². The Labute approximate surface area is 143 Å². The van der Waals surface area contributed by atoms with E-state index in [0.717, 1.165) is 44.2 Å². The van der Waals surface area contributed by atoms with E-state index < -0.39 is 0 Å². The summed E-state index contributed by atoms with van der Waals surface area (Å²) in [5.74, 6) is 1.75. The highest BCUT2D eigenvalue weighted by atomic mass is 16.3. The van der Waals surface area contributed by atoms with Gasteiger partial charge in [-0.25, -0.2) is 0 Å². The molecule has 0 bridgehead atoms. The summed E-state index contributed by atoms with van der Waals surface area (Å²) in [5, 5.41) is 6.82. The van der Waals surface area contributed by atoms with Crippen molar-refractivity contribution in [3.8, 4) is 0 Å². The molecule has 5 heteroatoms. The maximum atomic E-state index is 5.34. The van der Waals surface area contributed by atoms with Crippen LogP contribution in [0.25, 0.3) is 0 Å². The van der Waals surface area contributed by atoms with Crippen LogP contribution >= 0.6 is 0 Å². The predicted octanol–water partition coefficient (Wildman–Crippen LogP) is 2.61. The van der Waals surface area contributed by atoms with E-state index in [2.05, 4.69) is 50.9 Å². The number of nitrogens with one attached hydrogen (secondary N) is 2. The van der Waals surface area contributed by atoms with Gasteiger partial charge in [0.05, 0.1) is 12.8 Å². The summed E-state index contributed by atoms with van der Waals surface area (Å²) >= 11 is 0. The molecule has 0 saturated carbocycles. The van der Waals surface area contributed by atoms with Gasteiger partial charge in [0.1, 0.15) is 5.76 Å². The highest BCUT2D eigenvalue weighted by molar-refractivity contribution is 5.79. The summed E-state index contributed by atoms with van der Waals surface area (Å²) in [6.45, 7) is 3.92. The second-order valence-electron chi connectivity index (χ2n) is 6.19. The number of hydrogen-bond acceptors (Lipinski definition) is 3. The fraction of sp³-hybridized carbons (Fsp3) is 0.421. The summed E-state index contributed by atoms with van der Waals surface area (Å²) in [7, 11) is 1.81. The summed E-state index contributed by atoms with van der Waals surface area (Å²) in [5.41, 5.74) is 1.39. The molecule has 128 valence electrons. The number of hydrogen-bond donors (Lipinski definition) is 2. The maximum Gasteiger partial charge on any atom is 0.191 e. The minimum atomic E-state index is 0.472. The number of nitrogens with zero attached hydrogens (tertiary/aromatic N) is 2. The van der Waals surface area contributed by atoms with Crippen LogP contribution in [-0.2, 0) is 13.1 Å². The van der Waals surface area contributed by atoms with Gasteiger partial charge >= 0.3 is 0 Å². The van der Waals surface area contributed by atoms with Crippen molar-refractivity contribution in [1.29, 1.82) is 0 Å². The van der Waals surface area contributed by atoms with Crippen molar-refractivity contribution in [1.82, 2.24) is 15.5 Å². The minimum Gasteiger partial charge on any atom is -0.467 e. The van der Waals surface area contributed by atoms with Crippen molar-refractivity contribution in [3.63, 3.8) is 0 Å². The third kappa shape index (κ3) is 4.86. The molecule has 0 aliphatic carbocycles. The zero-order valence-electron chi connectivity index (χ0n) is 14.2. The van der Waals surface area contributed by atoms with Crippen LogP contribution in [0.4, 0.5) is 0 Å². The largest absolute Gasteiger partial charge is 0.467 e.